The van der Waals surface area contributed by atoms with Crippen molar-refractivity contribution in [3.05, 3.63) is 0 Å². The molecule has 2 fully saturated rings. The molecule has 2 saturated carbocycles. The van der Waals surface area contributed by atoms with Crippen molar-refractivity contribution in [3.63, 3.8) is 0 Å². The molecular formula is C18H34. The maximum absolute atomic E-state index is 2.42. The highest BCUT2D eigenvalue weighted by atomic mass is 14.5. The van der Waals surface area contributed by atoms with E-state index < -0.39 is 0 Å². The third-order valence-electron chi connectivity index (χ3n) is 5.51. The number of rotatable bonds is 1. The molecule has 2 rings (SSSR count). The lowest BCUT2D eigenvalue weighted by atomic mass is 9.91. The van der Waals surface area contributed by atoms with E-state index >= 15 is 0 Å². The minimum Gasteiger partial charge on any atom is -0.0651 e. The molecule has 0 amide bonds. The first kappa shape index (κ1) is 14.4. The van der Waals surface area contributed by atoms with Crippen LogP contribution in [0.15, 0.2) is 0 Å². The SMILES string of the molecule is CCC1CCCCCCCCCCCCC2CC12. The van der Waals surface area contributed by atoms with Gasteiger partial charge in [-0.2, -0.15) is 0 Å². The summed E-state index contributed by atoms with van der Waals surface area (Å²) >= 11 is 0. The van der Waals surface area contributed by atoms with Gasteiger partial charge >= 0.3 is 0 Å². The molecule has 3 atom stereocenters. The van der Waals surface area contributed by atoms with Gasteiger partial charge in [0.25, 0.3) is 0 Å². The summed E-state index contributed by atoms with van der Waals surface area (Å²) < 4.78 is 0. The van der Waals surface area contributed by atoms with Gasteiger partial charge in [-0.15, -0.1) is 0 Å². The van der Waals surface area contributed by atoms with Crippen LogP contribution in [0.3, 0.4) is 0 Å². The van der Waals surface area contributed by atoms with E-state index in [0.717, 1.165) is 17.8 Å². The molecule has 2 aliphatic rings. The van der Waals surface area contributed by atoms with Crippen molar-refractivity contribution >= 4 is 0 Å². The smallest absolute Gasteiger partial charge is 0.0355 e. The van der Waals surface area contributed by atoms with Gasteiger partial charge in [-0.25, -0.2) is 0 Å². The molecule has 18 heavy (non-hydrogen) atoms. The second kappa shape index (κ2) is 8.23. The zero-order chi connectivity index (χ0) is 12.6. The third-order valence-corrected chi connectivity index (χ3v) is 5.51. The zero-order valence-electron chi connectivity index (χ0n) is 12.6. The van der Waals surface area contributed by atoms with E-state index in [2.05, 4.69) is 6.92 Å². The Labute approximate surface area is 115 Å². The molecule has 0 saturated heterocycles. The fourth-order valence-electron chi connectivity index (χ4n) is 4.13. The highest BCUT2D eigenvalue weighted by molar-refractivity contribution is 4.90. The van der Waals surface area contributed by atoms with Gasteiger partial charge in [0.1, 0.15) is 0 Å². The topological polar surface area (TPSA) is 0 Å². The average Bonchev–Trinajstić information content (AvgIpc) is 3.13. The van der Waals surface area contributed by atoms with E-state index in [1.165, 1.54) is 77.0 Å². The van der Waals surface area contributed by atoms with Gasteiger partial charge in [0.2, 0.25) is 0 Å². The molecule has 0 heterocycles. The first-order valence-corrected chi connectivity index (χ1v) is 8.92. The summed E-state index contributed by atoms with van der Waals surface area (Å²) in [4.78, 5) is 0. The van der Waals surface area contributed by atoms with E-state index in [-0.39, 0.29) is 0 Å². The van der Waals surface area contributed by atoms with Gasteiger partial charge in [-0.3, -0.25) is 0 Å². The molecule has 0 aromatic rings. The van der Waals surface area contributed by atoms with Gasteiger partial charge in [0.05, 0.1) is 0 Å². The van der Waals surface area contributed by atoms with Crippen molar-refractivity contribution < 1.29 is 0 Å². The van der Waals surface area contributed by atoms with Gasteiger partial charge < -0.3 is 0 Å². The summed E-state index contributed by atoms with van der Waals surface area (Å²) in [6, 6.07) is 0. The molecule has 3 unspecified atom stereocenters. The van der Waals surface area contributed by atoms with E-state index in [4.69, 9.17) is 0 Å². The predicted octanol–water partition coefficient (Wildman–Crippen LogP) is 6.34. The lowest BCUT2D eigenvalue weighted by Crippen LogP contribution is -2.03. The molecule has 0 heteroatoms. The Balaban J connectivity index is 1.71. The lowest BCUT2D eigenvalue weighted by molar-refractivity contribution is 0.368. The van der Waals surface area contributed by atoms with Crippen LogP contribution in [0, 0.1) is 17.8 Å². The first-order chi connectivity index (χ1) is 8.92. The Bertz CT molecular complexity index is 208. The van der Waals surface area contributed by atoms with Crippen molar-refractivity contribution in [2.24, 2.45) is 17.8 Å². The monoisotopic (exact) mass is 250 g/mol. The fraction of sp³-hybridized carbons (Fsp3) is 1.00. The van der Waals surface area contributed by atoms with Crippen molar-refractivity contribution in [3.8, 4) is 0 Å². The van der Waals surface area contributed by atoms with Crippen molar-refractivity contribution in [2.75, 3.05) is 0 Å². The van der Waals surface area contributed by atoms with Crippen LogP contribution in [0.4, 0.5) is 0 Å². The number of fused-ring (bicyclic) bond motifs is 1. The molecule has 0 spiro atoms. The lowest BCUT2D eigenvalue weighted by Gasteiger charge is -2.14. The zero-order valence-corrected chi connectivity index (χ0v) is 12.6. The normalized spacial score (nSPS) is 36.2. The number of hydrogen-bond donors (Lipinski definition) is 0. The molecule has 0 aromatic carbocycles. The van der Waals surface area contributed by atoms with Crippen LogP contribution in [-0.2, 0) is 0 Å². The van der Waals surface area contributed by atoms with E-state index in [9.17, 15) is 0 Å². The van der Waals surface area contributed by atoms with Gasteiger partial charge in [-0.05, 0) is 24.2 Å². The minimum atomic E-state index is 1.08. The maximum atomic E-state index is 2.42. The van der Waals surface area contributed by atoms with Gasteiger partial charge in [0.15, 0.2) is 0 Å². The highest BCUT2D eigenvalue weighted by Crippen LogP contribution is 2.50. The highest BCUT2D eigenvalue weighted by Gasteiger charge is 2.40. The molecular weight excluding hydrogens is 216 g/mol. The van der Waals surface area contributed by atoms with Gasteiger partial charge in [0, 0.05) is 0 Å². The third kappa shape index (κ3) is 4.94. The van der Waals surface area contributed by atoms with Crippen molar-refractivity contribution in [1.29, 1.82) is 0 Å². The quantitative estimate of drug-likeness (QED) is 0.509. The standard InChI is InChI=1S/C18H34/c1-2-16-13-11-9-7-5-3-4-6-8-10-12-14-17-15-18(16)17/h16-18H,2-15H2,1H3. The molecule has 0 radical (unpaired) electrons. The Morgan fingerprint density at radius 1 is 0.667 bits per heavy atom. The van der Waals surface area contributed by atoms with Gasteiger partial charge in [-0.1, -0.05) is 90.4 Å². The average molecular weight is 250 g/mol. The van der Waals surface area contributed by atoms with Crippen LogP contribution in [0.1, 0.15) is 96.8 Å². The van der Waals surface area contributed by atoms with E-state index in [1.54, 1.807) is 12.8 Å². The number of hydrogen-bond acceptors (Lipinski definition) is 0. The molecule has 0 aliphatic heterocycles. The van der Waals surface area contributed by atoms with Crippen LogP contribution in [-0.4, -0.2) is 0 Å². The summed E-state index contributed by atoms with van der Waals surface area (Å²) in [5.74, 6) is 3.36. The van der Waals surface area contributed by atoms with E-state index in [0.29, 0.717) is 0 Å². The van der Waals surface area contributed by atoms with Crippen LogP contribution in [0.2, 0.25) is 0 Å². The van der Waals surface area contributed by atoms with Crippen LogP contribution in [0.25, 0.3) is 0 Å². The predicted molar refractivity (Wildman–Crippen MR) is 80.8 cm³/mol. The van der Waals surface area contributed by atoms with Crippen LogP contribution >= 0.6 is 0 Å². The Morgan fingerprint density at radius 2 is 1.17 bits per heavy atom. The van der Waals surface area contributed by atoms with E-state index in [1.807, 2.05) is 0 Å². The largest absolute Gasteiger partial charge is 0.0651 e. The Kier molecular flexibility index (Phi) is 6.59. The minimum absolute atomic E-state index is 1.08. The summed E-state index contributed by atoms with van der Waals surface area (Å²) in [6.07, 6.45) is 21.2. The maximum Gasteiger partial charge on any atom is -0.0355 e. The summed E-state index contributed by atoms with van der Waals surface area (Å²) in [7, 11) is 0. The Morgan fingerprint density at radius 3 is 1.72 bits per heavy atom. The first-order valence-electron chi connectivity index (χ1n) is 8.92. The summed E-state index contributed by atoms with van der Waals surface area (Å²) in [6.45, 7) is 2.42. The second-order valence-electron chi connectivity index (χ2n) is 6.94. The summed E-state index contributed by atoms with van der Waals surface area (Å²) in [5.41, 5.74) is 0. The Hall–Kier alpha value is 0. The molecule has 0 nitrogen and oxygen atoms in total. The molecule has 0 N–H and O–H groups in total. The van der Waals surface area contributed by atoms with Crippen molar-refractivity contribution in [2.45, 2.75) is 96.8 Å². The fourth-order valence-corrected chi connectivity index (χ4v) is 4.13. The van der Waals surface area contributed by atoms with Crippen molar-refractivity contribution in [1.82, 2.24) is 0 Å². The molecule has 2 aliphatic carbocycles. The van der Waals surface area contributed by atoms with Crippen LogP contribution < -0.4 is 0 Å². The molecule has 0 bridgehead atoms. The molecule has 106 valence electrons. The van der Waals surface area contributed by atoms with Crippen LogP contribution in [0.5, 0.6) is 0 Å². The summed E-state index contributed by atoms with van der Waals surface area (Å²) in [5, 5.41) is 0. The molecule has 0 aromatic heterocycles. The second-order valence-corrected chi connectivity index (χ2v) is 6.94.